The molecule has 0 unspecified atom stereocenters. The summed E-state index contributed by atoms with van der Waals surface area (Å²) in [6, 6.07) is 12.7. The van der Waals surface area contributed by atoms with Crippen molar-refractivity contribution in [2.24, 2.45) is 0 Å². The first-order chi connectivity index (χ1) is 11.8. The van der Waals surface area contributed by atoms with Gasteiger partial charge in [0.15, 0.2) is 0 Å². The van der Waals surface area contributed by atoms with E-state index in [1.807, 2.05) is 24.3 Å². The van der Waals surface area contributed by atoms with Gasteiger partial charge < -0.3 is 14.8 Å². The van der Waals surface area contributed by atoms with Crippen molar-refractivity contribution in [3.05, 3.63) is 48.3 Å². The summed E-state index contributed by atoms with van der Waals surface area (Å²) >= 11 is 1.50. The summed E-state index contributed by atoms with van der Waals surface area (Å²) in [5.74, 6) is -0.232. The zero-order valence-corrected chi connectivity index (χ0v) is 14.2. The topological polar surface area (TPSA) is 43.4 Å². The van der Waals surface area contributed by atoms with E-state index in [1.165, 1.54) is 23.5 Å². The van der Waals surface area contributed by atoms with E-state index in [-0.39, 0.29) is 5.82 Å². The molecule has 0 aliphatic rings. The third-order valence-corrected chi connectivity index (χ3v) is 4.56. The zero-order valence-electron chi connectivity index (χ0n) is 13.4. The number of ether oxygens (including phenoxy) is 2. The van der Waals surface area contributed by atoms with Crippen LogP contribution in [0.25, 0.3) is 20.8 Å². The minimum Gasteiger partial charge on any atom is -0.383 e. The van der Waals surface area contributed by atoms with Gasteiger partial charge in [-0.2, -0.15) is 0 Å². The number of hydrogen-bond acceptors (Lipinski definition) is 5. The molecule has 2 aromatic carbocycles. The molecule has 0 bridgehead atoms. The molecule has 24 heavy (non-hydrogen) atoms. The predicted octanol–water partition coefficient (Wildman–Crippen LogP) is 4.18. The lowest BCUT2D eigenvalue weighted by atomic mass is 10.2. The molecule has 1 N–H and O–H groups in total. The molecule has 0 saturated carbocycles. The molecule has 0 saturated heterocycles. The van der Waals surface area contributed by atoms with Crippen LogP contribution in [0, 0.1) is 5.82 Å². The Morgan fingerprint density at radius 2 is 1.92 bits per heavy atom. The SMILES string of the molecule is COCCOCCNc1ccc(-c2nc3ccc(F)cc3s2)cc1. The molecule has 1 heterocycles. The number of nitrogens with zero attached hydrogens (tertiary/aromatic N) is 1. The van der Waals surface area contributed by atoms with Gasteiger partial charge in [0.05, 0.1) is 30.0 Å². The Bertz CT molecular complexity index is 789. The van der Waals surface area contributed by atoms with E-state index in [2.05, 4.69) is 10.3 Å². The van der Waals surface area contributed by atoms with Crippen LogP contribution in [0.4, 0.5) is 10.1 Å². The van der Waals surface area contributed by atoms with Gasteiger partial charge in [0.2, 0.25) is 0 Å². The van der Waals surface area contributed by atoms with Crippen LogP contribution in [0.15, 0.2) is 42.5 Å². The van der Waals surface area contributed by atoms with Crippen LogP contribution in [0.1, 0.15) is 0 Å². The van der Waals surface area contributed by atoms with E-state index in [0.29, 0.717) is 19.8 Å². The smallest absolute Gasteiger partial charge is 0.124 e. The number of benzene rings is 2. The lowest BCUT2D eigenvalue weighted by molar-refractivity contribution is 0.0759. The Balaban J connectivity index is 1.59. The standard InChI is InChI=1S/C18H19FN2O2S/c1-22-10-11-23-9-8-20-15-5-2-13(3-6-15)18-21-16-7-4-14(19)12-17(16)24-18/h2-7,12,20H,8-11H2,1H3. The Morgan fingerprint density at radius 3 is 2.71 bits per heavy atom. The van der Waals surface area contributed by atoms with E-state index in [9.17, 15) is 4.39 Å². The summed E-state index contributed by atoms with van der Waals surface area (Å²) < 4.78 is 24.5. The molecule has 0 aliphatic heterocycles. The molecule has 0 aliphatic carbocycles. The number of anilines is 1. The van der Waals surface area contributed by atoms with Gasteiger partial charge >= 0.3 is 0 Å². The van der Waals surface area contributed by atoms with Crippen LogP contribution in [-0.2, 0) is 9.47 Å². The number of halogens is 1. The van der Waals surface area contributed by atoms with Gasteiger partial charge in [-0.1, -0.05) is 0 Å². The molecular formula is C18H19FN2O2S. The number of hydrogen-bond donors (Lipinski definition) is 1. The average Bonchev–Trinajstić information content (AvgIpc) is 3.01. The van der Waals surface area contributed by atoms with E-state index < -0.39 is 0 Å². The minimum absolute atomic E-state index is 0.232. The molecule has 0 radical (unpaired) electrons. The van der Waals surface area contributed by atoms with Crippen LogP contribution in [0.3, 0.4) is 0 Å². The van der Waals surface area contributed by atoms with E-state index in [1.54, 1.807) is 13.2 Å². The number of methoxy groups -OCH3 is 1. The number of thiazole rings is 1. The molecular weight excluding hydrogens is 327 g/mol. The third kappa shape index (κ3) is 4.29. The molecule has 0 fully saturated rings. The Hall–Kier alpha value is -2.02. The molecule has 0 atom stereocenters. The van der Waals surface area contributed by atoms with Crippen LogP contribution < -0.4 is 5.32 Å². The van der Waals surface area contributed by atoms with Crippen LogP contribution in [0.2, 0.25) is 0 Å². The molecule has 126 valence electrons. The van der Waals surface area contributed by atoms with E-state index >= 15 is 0 Å². The van der Waals surface area contributed by atoms with Gasteiger partial charge in [0, 0.05) is 24.9 Å². The predicted molar refractivity (Wildman–Crippen MR) is 96.2 cm³/mol. The minimum atomic E-state index is -0.232. The molecule has 3 aromatic rings. The van der Waals surface area contributed by atoms with Crippen LogP contribution in [0.5, 0.6) is 0 Å². The second-order valence-corrected chi connectivity index (χ2v) is 6.27. The maximum Gasteiger partial charge on any atom is 0.124 e. The number of fused-ring (bicyclic) bond motifs is 1. The number of rotatable bonds is 8. The molecule has 3 rings (SSSR count). The van der Waals surface area contributed by atoms with E-state index in [0.717, 1.165) is 33.0 Å². The van der Waals surface area contributed by atoms with Crippen LogP contribution >= 0.6 is 11.3 Å². The number of aromatic nitrogens is 1. The fourth-order valence-corrected chi connectivity index (χ4v) is 3.26. The third-order valence-electron chi connectivity index (χ3n) is 3.49. The Labute approximate surface area is 144 Å². The first-order valence-corrected chi connectivity index (χ1v) is 8.55. The van der Waals surface area contributed by atoms with Gasteiger partial charge in [-0.15, -0.1) is 11.3 Å². The lowest BCUT2D eigenvalue weighted by Crippen LogP contribution is -2.11. The highest BCUT2D eigenvalue weighted by atomic mass is 32.1. The summed E-state index contributed by atoms with van der Waals surface area (Å²) in [7, 11) is 1.66. The largest absolute Gasteiger partial charge is 0.383 e. The molecule has 6 heteroatoms. The maximum atomic E-state index is 13.3. The van der Waals surface area contributed by atoms with Crippen molar-refractivity contribution in [2.75, 3.05) is 38.8 Å². The molecule has 0 amide bonds. The highest BCUT2D eigenvalue weighted by Crippen LogP contribution is 2.31. The Morgan fingerprint density at radius 1 is 1.08 bits per heavy atom. The van der Waals surface area contributed by atoms with Crippen molar-refractivity contribution in [3.8, 4) is 10.6 Å². The zero-order chi connectivity index (χ0) is 16.8. The number of nitrogens with one attached hydrogen (secondary N) is 1. The summed E-state index contributed by atoms with van der Waals surface area (Å²) in [6.07, 6.45) is 0. The van der Waals surface area contributed by atoms with Crippen molar-refractivity contribution in [1.29, 1.82) is 0 Å². The summed E-state index contributed by atoms with van der Waals surface area (Å²) in [4.78, 5) is 4.56. The second-order valence-electron chi connectivity index (χ2n) is 5.24. The van der Waals surface area contributed by atoms with Gasteiger partial charge in [-0.3, -0.25) is 0 Å². The highest BCUT2D eigenvalue weighted by molar-refractivity contribution is 7.21. The maximum absolute atomic E-state index is 13.3. The quantitative estimate of drug-likeness (QED) is 0.622. The normalized spacial score (nSPS) is 11.1. The molecule has 4 nitrogen and oxygen atoms in total. The second kappa shape index (κ2) is 8.19. The highest BCUT2D eigenvalue weighted by Gasteiger charge is 2.07. The van der Waals surface area contributed by atoms with Crippen molar-refractivity contribution in [2.45, 2.75) is 0 Å². The van der Waals surface area contributed by atoms with Gasteiger partial charge in [0.25, 0.3) is 0 Å². The summed E-state index contributed by atoms with van der Waals surface area (Å²) in [5, 5.41) is 4.20. The fourth-order valence-electron chi connectivity index (χ4n) is 2.26. The molecule has 1 aromatic heterocycles. The van der Waals surface area contributed by atoms with Crippen molar-refractivity contribution in [1.82, 2.24) is 4.98 Å². The lowest BCUT2D eigenvalue weighted by Gasteiger charge is -2.07. The van der Waals surface area contributed by atoms with Gasteiger partial charge in [-0.05, 0) is 42.5 Å². The first kappa shape index (κ1) is 16.8. The van der Waals surface area contributed by atoms with Gasteiger partial charge in [-0.25, -0.2) is 9.37 Å². The Kier molecular flexibility index (Phi) is 5.74. The van der Waals surface area contributed by atoms with Crippen molar-refractivity contribution >= 4 is 27.2 Å². The fraction of sp³-hybridized carbons (Fsp3) is 0.278. The van der Waals surface area contributed by atoms with Gasteiger partial charge in [0.1, 0.15) is 10.8 Å². The first-order valence-electron chi connectivity index (χ1n) is 7.73. The monoisotopic (exact) mass is 346 g/mol. The van der Waals surface area contributed by atoms with Crippen LogP contribution in [-0.4, -0.2) is 38.5 Å². The summed E-state index contributed by atoms with van der Waals surface area (Å²) in [5.41, 5.74) is 2.88. The molecule has 0 spiro atoms. The summed E-state index contributed by atoms with van der Waals surface area (Å²) in [6.45, 7) is 2.59. The van der Waals surface area contributed by atoms with Crippen molar-refractivity contribution < 1.29 is 13.9 Å². The van der Waals surface area contributed by atoms with E-state index in [4.69, 9.17) is 9.47 Å². The van der Waals surface area contributed by atoms with Crippen molar-refractivity contribution in [3.63, 3.8) is 0 Å². The average molecular weight is 346 g/mol.